The van der Waals surface area contributed by atoms with Crippen LogP contribution in [0.2, 0.25) is 0 Å². The molecule has 0 aromatic carbocycles. The van der Waals surface area contributed by atoms with Gasteiger partial charge in [-0.15, -0.1) is 0 Å². The molecular formula is C7H12F2N2O. The molecule has 12 heavy (non-hydrogen) atoms. The number of alkyl halides is 2. The number of halogens is 2. The zero-order valence-electron chi connectivity index (χ0n) is 6.72. The molecule has 0 aliphatic carbocycles. The van der Waals surface area contributed by atoms with E-state index in [4.69, 9.17) is 0 Å². The fraction of sp³-hybridized carbons (Fsp3) is 0.857. The molecule has 1 saturated heterocycles. The Bertz CT molecular complexity index is 157. The van der Waals surface area contributed by atoms with E-state index < -0.39 is 12.3 Å². The first-order valence-electron chi connectivity index (χ1n) is 4.04. The number of hydrazine groups is 1. The van der Waals surface area contributed by atoms with Gasteiger partial charge in [0.15, 0.2) is 0 Å². The van der Waals surface area contributed by atoms with Crippen LogP contribution >= 0.6 is 0 Å². The van der Waals surface area contributed by atoms with E-state index >= 15 is 0 Å². The third-order valence-electron chi connectivity index (χ3n) is 1.82. The van der Waals surface area contributed by atoms with Crippen molar-refractivity contribution in [2.45, 2.75) is 25.7 Å². The lowest BCUT2D eigenvalue weighted by molar-refractivity contribution is -0.137. The summed E-state index contributed by atoms with van der Waals surface area (Å²) in [6.07, 6.45) is 0.126. The molecule has 0 atom stereocenters. The summed E-state index contributed by atoms with van der Waals surface area (Å²) in [5.41, 5.74) is 2.16. The SMILES string of the molecule is O=C(NN1CCCCC1)C(F)F. The molecule has 0 radical (unpaired) electrons. The Morgan fingerprint density at radius 2 is 1.83 bits per heavy atom. The van der Waals surface area contributed by atoms with Crippen LogP contribution < -0.4 is 5.43 Å². The van der Waals surface area contributed by atoms with E-state index in [1.165, 1.54) is 0 Å². The van der Waals surface area contributed by atoms with E-state index in [1.807, 2.05) is 0 Å². The van der Waals surface area contributed by atoms with Crippen molar-refractivity contribution >= 4 is 5.91 Å². The number of carbonyl (C=O) groups excluding carboxylic acids is 1. The number of nitrogens with zero attached hydrogens (tertiary/aromatic N) is 1. The number of hydrogen-bond donors (Lipinski definition) is 1. The lowest BCUT2D eigenvalue weighted by Gasteiger charge is -2.26. The second-order valence-corrected chi connectivity index (χ2v) is 2.82. The summed E-state index contributed by atoms with van der Waals surface area (Å²) >= 11 is 0. The summed E-state index contributed by atoms with van der Waals surface area (Å²) in [6.45, 7) is 1.36. The topological polar surface area (TPSA) is 32.3 Å². The minimum atomic E-state index is -2.91. The average Bonchev–Trinajstić information content (AvgIpc) is 2.06. The van der Waals surface area contributed by atoms with Crippen molar-refractivity contribution in [2.24, 2.45) is 0 Å². The first kappa shape index (κ1) is 9.38. The summed E-state index contributed by atoms with van der Waals surface area (Å²) in [4.78, 5) is 10.5. The van der Waals surface area contributed by atoms with Gasteiger partial charge >= 0.3 is 12.3 Å². The van der Waals surface area contributed by atoms with Crippen LogP contribution in [0.4, 0.5) is 8.78 Å². The number of rotatable bonds is 2. The Hall–Kier alpha value is -0.710. The second kappa shape index (κ2) is 4.35. The van der Waals surface area contributed by atoms with Crippen molar-refractivity contribution in [1.29, 1.82) is 0 Å². The summed E-state index contributed by atoms with van der Waals surface area (Å²) in [6, 6.07) is 0. The Kier molecular flexibility index (Phi) is 3.40. The van der Waals surface area contributed by atoms with Crippen LogP contribution in [-0.2, 0) is 4.79 Å². The molecular weight excluding hydrogens is 166 g/mol. The van der Waals surface area contributed by atoms with E-state index in [1.54, 1.807) is 5.01 Å². The van der Waals surface area contributed by atoms with Gasteiger partial charge in [0.2, 0.25) is 0 Å². The summed E-state index contributed by atoms with van der Waals surface area (Å²) in [5.74, 6) is -1.20. The minimum absolute atomic E-state index is 0.679. The van der Waals surface area contributed by atoms with Crippen LogP contribution in [-0.4, -0.2) is 30.4 Å². The lowest BCUT2D eigenvalue weighted by atomic mass is 10.2. The smallest absolute Gasteiger partial charge is 0.284 e. The van der Waals surface area contributed by atoms with Crippen LogP contribution in [0.3, 0.4) is 0 Å². The van der Waals surface area contributed by atoms with Crippen molar-refractivity contribution < 1.29 is 13.6 Å². The molecule has 0 aromatic rings. The third-order valence-corrected chi connectivity index (χ3v) is 1.82. The molecule has 0 unspecified atom stereocenters. The van der Waals surface area contributed by atoms with Crippen molar-refractivity contribution in [3.8, 4) is 0 Å². The number of nitrogens with one attached hydrogen (secondary N) is 1. The van der Waals surface area contributed by atoms with E-state index in [0.29, 0.717) is 13.1 Å². The van der Waals surface area contributed by atoms with E-state index in [2.05, 4.69) is 5.43 Å². The molecule has 0 aromatic heterocycles. The molecule has 1 rings (SSSR count). The van der Waals surface area contributed by atoms with E-state index in [0.717, 1.165) is 19.3 Å². The van der Waals surface area contributed by atoms with Crippen molar-refractivity contribution in [3.63, 3.8) is 0 Å². The number of carbonyl (C=O) groups is 1. The molecule has 1 N–H and O–H groups in total. The Morgan fingerprint density at radius 1 is 1.25 bits per heavy atom. The van der Waals surface area contributed by atoms with E-state index in [9.17, 15) is 13.6 Å². The van der Waals surface area contributed by atoms with Gasteiger partial charge in [0, 0.05) is 13.1 Å². The molecule has 1 amide bonds. The van der Waals surface area contributed by atoms with Crippen molar-refractivity contribution in [3.05, 3.63) is 0 Å². The largest absolute Gasteiger partial charge is 0.316 e. The van der Waals surface area contributed by atoms with E-state index in [-0.39, 0.29) is 0 Å². The summed E-state index contributed by atoms with van der Waals surface area (Å²) < 4.78 is 23.5. The van der Waals surface area contributed by atoms with Crippen LogP contribution in [0.5, 0.6) is 0 Å². The molecule has 1 aliphatic rings. The maximum atomic E-state index is 11.7. The maximum absolute atomic E-state index is 11.7. The fourth-order valence-electron chi connectivity index (χ4n) is 1.21. The second-order valence-electron chi connectivity index (χ2n) is 2.82. The average molecular weight is 178 g/mol. The van der Waals surface area contributed by atoms with Crippen LogP contribution in [0.15, 0.2) is 0 Å². The molecule has 3 nitrogen and oxygen atoms in total. The summed E-state index contributed by atoms with van der Waals surface area (Å²) in [5, 5.41) is 1.55. The maximum Gasteiger partial charge on any atom is 0.316 e. The number of amides is 1. The first-order chi connectivity index (χ1) is 5.70. The molecule has 0 spiro atoms. The van der Waals surface area contributed by atoms with Crippen LogP contribution in [0.1, 0.15) is 19.3 Å². The highest BCUT2D eigenvalue weighted by atomic mass is 19.3. The van der Waals surface area contributed by atoms with Gasteiger partial charge < -0.3 is 0 Å². The fourth-order valence-corrected chi connectivity index (χ4v) is 1.21. The Balaban J connectivity index is 2.24. The Labute approximate surface area is 69.7 Å². The predicted molar refractivity (Wildman–Crippen MR) is 39.6 cm³/mol. The van der Waals surface area contributed by atoms with Gasteiger partial charge in [0.1, 0.15) is 0 Å². The molecule has 1 aliphatic heterocycles. The molecule has 70 valence electrons. The van der Waals surface area contributed by atoms with Gasteiger partial charge in [-0.1, -0.05) is 6.42 Å². The predicted octanol–water partition coefficient (Wildman–Crippen LogP) is 0.769. The first-order valence-corrected chi connectivity index (χ1v) is 4.04. The third kappa shape index (κ3) is 2.73. The quantitative estimate of drug-likeness (QED) is 0.677. The summed E-state index contributed by atoms with van der Waals surface area (Å²) in [7, 11) is 0. The van der Waals surface area contributed by atoms with Gasteiger partial charge in [-0.3, -0.25) is 10.2 Å². The monoisotopic (exact) mass is 178 g/mol. The highest BCUT2D eigenvalue weighted by Gasteiger charge is 2.19. The zero-order chi connectivity index (χ0) is 8.97. The number of piperidine rings is 1. The molecule has 1 heterocycles. The van der Waals surface area contributed by atoms with Gasteiger partial charge in [-0.2, -0.15) is 8.78 Å². The number of hydrogen-bond acceptors (Lipinski definition) is 2. The van der Waals surface area contributed by atoms with Crippen LogP contribution in [0.25, 0.3) is 0 Å². The van der Waals surface area contributed by atoms with Gasteiger partial charge in [-0.05, 0) is 12.8 Å². The standard InChI is InChI=1S/C7H12F2N2O/c8-6(9)7(12)10-11-4-2-1-3-5-11/h6H,1-5H2,(H,10,12). The molecule has 0 saturated carbocycles. The normalized spacial score (nSPS) is 19.6. The lowest BCUT2D eigenvalue weighted by Crippen LogP contribution is -2.47. The Morgan fingerprint density at radius 3 is 2.33 bits per heavy atom. The molecule has 5 heteroatoms. The molecule has 0 bridgehead atoms. The van der Waals surface area contributed by atoms with Gasteiger partial charge in [0.25, 0.3) is 0 Å². The van der Waals surface area contributed by atoms with Crippen LogP contribution in [0, 0.1) is 0 Å². The van der Waals surface area contributed by atoms with Gasteiger partial charge in [0.05, 0.1) is 0 Å². The van der Waals surface area contributed by atoms with Crippen molar-refractivity contribution in [1.82, 2.24) is 10.4 Å². The molecule has 1 fully saturated rings. The highest BCUT2D eigenvalue weighted by molar-refractivity contribution is 5.78. The zero-order valence-corrected chi connectivity index (χ0v) is 6.72. The van der Waals surface area contributed by atoms with Crippen molar-refractivity contribution in [2.75, 3.05) is 13.1 Å². The van der Waals surface area contributed by atoms with Gasteiger partial charge in [-0.25, -0.2) is 5.01 Å². The highest BCUT2D eigenvalue weighted by Crippen LogP contribution is 2.06. The minimum Gasteiger partial charge on any atom is -0.284 e.